The summed E-state index contributed by atoms with van der Waals surface area (Å²) in [6.45, 7) is 3.18. The average Bonchev–Trinajstić information content (AvgIpc) is 3.25. The van der Waals surface area contributed by atoms with Crippen LogP contribution in [-0.2, 0) is 70.9 Å². The van der Waals surface area contributed by atoms with Crippen LogP contribution in [0.1, 0.15) is 34.7 Å². The second kappa shape index (κ2) is 20.9. The van der Waals surface area contributed by atoms with Crippen LogP contribution in [-0.4, -0.2) is 78.2 Å². The first-order valence-electron chi connectivity index (χ1n) is 19.6. The lowest BCUT2D eigenvalue weighted by Crippen LogP contribution is -2.65. The third-order valence-electron chi connectivity index (χ3n) is 10.2. The maximum atomic E-state index is 12.0. The fourth-order valence-electron chi connectivity index (χ4n) is 7.17. The summed E-state index contributed by atoms with van der Waals surface area (Å²) < 4.78 is 51.7. The van der Waals surface area contributed by atoms with Crippen LogP contribution in [0.25, 0.3) is 0 Å². The average molecular weight is 777 g/mol. The summed E-state index contributed by atoms with van der Waals surface area (Å²) >= 11 is 0. The smallest absolute Gasteiger partial charge is 0.187 e. The van der Waals surface area contributed by atoms with E-state index in [-0.39, 0.29) is 33.0 Å². The molecule has 2 saturated heterocycles. The zero-order chi connectivity index (χ0) is 39.2. The molecule has 0 aliphatic carbocycles. The number of benzene rings is 5. The van der Waals surface area contributed by atoms with Gasteiger partial charge in [-0.05, 0) is 34.7 Å². The fraction of sp³-hybridized carbons (Fsp3) is 0.362. The molecule has 0 spiro atoms. The summed E-state index contributed by atoms with van der Waals surface area (Å²) in [5, 5.41) is 23.8. The molecule has 10 heteroatoms. The molecule has 2 aliphatic rings. The van der Waals surface area contributed by atoms with Crippen LogP contribution in [0.4, 0.5) is 0 Å². The van der Waals surface area contributed by atoms with Gasteiger partial charge < -0.3 is 48.1 Å². The predicted octanol–water partition coefficient (Wildman–Crippen LogP) is 6.75. The SMILES string of the molecule is C[C@@H]1O[C@@H](O[C@@H]2[C@@H](OCc3ccccc3)[C@@H](OCc3ccccc3)[C@@H](COCc3ccccc3)O[C@H]2O)[C@@H](OCc2ccccc2)[C@H](O)[C@@H]1OCc1ccccc1. The summed E-state index contributed by atoms with van der Waals surface area (Å²) in [5.41, 5.74) is 4.75. The zero-order valence-electron chi connectivity index (χ0n) is 32.1. The molecule has 300 valence electrons. The molecule has 0 bridgehead atoms. The fourth-order valence-corrected chi connectivity index (χ4v) is 7.17. The van der Waals surface area contributed by atoms with Crippen molar-refractivity contribution in [2.24, 2.45) is 0 Å². The molecule has 5 aromatic carbocycles. The van der Waals surface area contributed by atoms with E-state index in [9.17, 15) is 10.2 Å². The third-order valence-corrected chi connectivity index (χ3v) is 10.2. The van der Waals surface area contributed by atoms with Crippen molar-refractivity contribution in [3.63, 3.8) is 0 Å². The van der Waals surface area contributed by atoms with E-state index in [1.807, 2.05) is 159 Å². The lowest BCUT2D eigenvalue weighted by Gasteiger charge is -2.48. The van der Waals surface area contributed by atoms with Crippen molar-refractivity contribution >= 4 is 0 Å². The summed E-state index contributed by atoms with van der Waals surface area (Å²) in [6.07, 6.45) is -9.64. The molecule has 0 aromatic heterocycles. The molecule has 2 aliphatic heterocycles. The van der Waals surface area contributed by atoms with E-state index in [0.29, 0.717) is 6.61 Å². The van der Waals surface area contributed by atoms with Crippen LogP contribution in [0.3, 0.4) is 0 Å². The van der Waals surface area contributed by atoms with Gasteiger partial charge in [-0.25, -0.2) is 0 Å². The molecule has 10 nitrogen and oxygen atoms in total. The topological polar surface area (TPSA) is 114 Å². The Morgan fingerprint density at radius 3 is 1.28 bits per heavy atom. The van der Waals surface area contributed by atoms with Crippen molar-refractivity contribution in [2.75, 3.05) is 6.61 Å². The molecule has 57 heavy (non-hydrogen) atoms. The Labute approximate surface area is 334 Å². The van der Waals surface area contributed by atoms with Gasteiger partial charge in [-0.3, -0.25) is 0 Å². The van der Waals surface area contributed by atoms with E-state index in [1.54, 1.807) is 0 Å². The van der Waals surface area contributed by atoms with E-state index in [0.717, 1.165) is 27.8 Å². The first kappa shape index (κ1) is 40.9. The summed E-state index contributed by atoms with van der Waals surface area (Å²) in [5.74, 6) is 0. The largest absolute Gasteiger partial charge is 0.387 e. The van der Waals surface area contributed by atoms with Crippen molar-refractivity contribution in [3.8, 4) is 0 Å². The molecule has 7 rings (SSSR count). The molecule has 2 N–H and O–H groups in total. The maximum absolute atomic E-state index is 12.0. The lowest BCUT2D eigenvalue weighted by molar-refractivity contribution is -0.373. The van der Waals surface area contributed by atoms with Crippen LogP contribution in [0, 0.1) is 0 Å². The second-order valence-electron chi connectivity index (χ2n) is 14.4. The highest BCUT2D eigenvalue weighted by atomic mass is 16.7. The summed E-state index contributed by atoms with van der Waals surface area (Å²) in [6, 6.07) is 48.9. The van der Waals surface area contributed by atoms with Crippen molar-refractivity contribution in [3.05, 3.63) is 179 Å². The highest BCUT2D eigenvalue weighted by molar-refractivity contribution is 5.17. The molecule has 10 atom stereocenters. The standard InChI is InChI=1S/C47H52O10/c1-33-41(51-28-35-19-9-3-10-20-35)40(48)43(53-30-37-23-13-5-14-24-37)47(55-33)57-45-44(54-31-38-25-15-6-16-26-38)42(52-29-36-21-11-4-12-22-36)39(56-46(45)49)32-50-27-34-17-7-2-8-18-34/h2-26,33,39-49H,27-32H2,1H3/t33-,39+,40+,41+,42-,43-,44-,45+,46+,47-/m0/s1. The Balaban J connectivity index is 1.15. The molecule has 0 unspecified atom stereocenters. The highest BCUT2D eigenvalue weighted by Gasteiger charge is 2.52. The van der Waals surface area contributed by atoms with Crippen molar-refractivity contribution < 1.29 is 48.1 Å². The number of aliphatic hydroxyl groups excluding tert-OH is 2. The summed E-state index contributed by atoms with van der Waals surface area (Å²) in [4.78, 5) is 0. The molecule has 0 amide bonds. The van der Waals surface area contributed by atoms with Crippen LogP contribution in [0.2, 0.25) is 0 Å². The third kappa shape index (κ3) is 11.4. The van der Waals surface area contributed by atoms with E-state index in [1.165, 1.54) is 0 Å². The Hall–Kier alpha value is -4.30. The van der Waals surface area contributed by atoms with Gasteiger partial charge in [0.25, 0.3) is 0 Å². The minimum absolute atomic E-state index is 0.113. The van der Waals surface area contributed by atoms with Gasteiger partial charge in [0.15, 0.2) is 12.6 Å². The molecule has 0 radical (unpaired) electrons. The number of ether oxygens (including phenoxy) is 8. The molecule has 5 aromatic rings. The van der Waals surface area contributed by atoms with Crippen molar-refractivity contribution in [1.82, 2.24) is 0 Å². The van der Waals surface area contributed by atoms with Crippen LogP contribution < -0.4 is 0 Å². The normalized spacial score (nSPS) is 27.6. The molecular formula is C47H52O10. The van der Waals surface area contributed by atoms with Crippen molar-refractivity contribution in [1.29, 1.82) is 0 Å². The first-order chi connectivity index (χ1) is 28.0. The molecule has 2 fully saturated rings. The monoisotopic (exact) mass is 776 g/mol. The molecular weight excluding hydrogens is 725 g/mol. The molecule has 2 heterocycles. The Bertz CT molecular complexity index is 1850. The minimum Gasteiger partial charge on any atom is -0.387 e. The number of hydrogen-bond acceptors (Lipinski definition) is 10. The van der Waals surface area contributed by atoms with Gasteiger partial charge >= 0.3 is 0 Å². The van der Waals surface area contributed by atoms with Gasteiger partial charge in [-0.1, -0.05) is 152 Å². The van der Waals surface area contributed by atoms with E-state index >= 15 is 0 Å². The maximum Gasteiger partial charge on any atom is 0.187 e. The van der Waals surface area contributed by atoms with Gasteiger partial charge in [0.2, 0.25) is 0 Å². The van der Waals surface area contributed by atoms with Crippen LogP contribution in [0.15, 0.2) is 152 Å². The van der Waals surface area contributed by atoms with Crippen molar-refractivity contribution in [2.45, 2.75) is 101 Å². The van der Waals surface area contributed by atoms with Gasteiger partial charge in [0.05, 0.1) is 45.7 Å². The molecule has 0 saturated carbocycles. The van der Waals surface area contributed by atoms with E-state index in [4.69, 9.17) is 37.9 Å². The summed E-state index contributed by atoms with van der Waals surface area (Å²) in [7, 11) is 0. The quantitative estimate of drug-likeness (QED) is 0.0991. The zero-order valence-corrected chi connectivity index (χ0v) is 32.1. The van der Waals surface area contributed by atoms with E-state index in [2.05, 4.69) is 0 Å². The predicted molar refractivity (Wildman–Crippen MR) is 212 cm³/mol. The second-order valence-corrected chi connectivity index (χ2v) is 14.4. The minimum atomic E-state index is -1.48. The van der Waals surface area contributed by atoms with Gasteiger partial charge in [0.1, 0.15) is 42.7 Å². The van der Waals surface area contributed by atoms with Gasteiger partial charge in [-0.15, -0.1) is 0 Å². The lowest BCUT2D eigenvalue weighted by atomic mass is 9.96. The Kier molecular flexibility index (Phi) is 15.0. The highest BCUT2D eigenvalue weighted by Crippen LogP contribution is 2.34. The number of hydrogen-bond donors (Lipinski definition) is 2. The Morgan fingerprint density at radius 2 is 0.825 bits per heavy atom. The first-order valence-corrected chi connectivity index (χ1v) is 19.6. The number of aliphatic hydroxyl groups is 2. The van der Waals surface area contributed by atoms with Gasteiger partial charge in [-0.2, -0.15) is 0 Å². The van der Waals surface area contributed by atoms with Gasteiger partial charge in [0, 0.05) is 0 Å². The van der Waals surface area contributed by atoms with E-state index < -0.39 is 61.4 Å². The Morgan fingerprint density at radius 1 is 0.439 bits per heavy atom. The van der Waals surface area contributed by atoms with Crippen LogP contribution >= 0.6 is 0 Å². The number of rotatable bonds is 18. The van der Waals surface area contributed by atoms with Crippen LogP contribution in [0.5, 0.6) is 0 Å².